The molecule has 0 aliphatic rings. The van der Waals surface area contributed by atoms with E-state index in [1.807, 2.05) is 59.4 Å². The molecule has 2 atom stereocenters. The largest absolute Gasteiger partial charge is 0.394 e. The first-order valence-electron chi connectivity index (χ1n) is 18.0. The van der Waals surface area contributed by atoms with Crippen LogP contribution in [0, 0.1) is 0 Å². The van der Waals surface area contributed by atoms with E-state index in [4.69, 9.17) is 0 Å². The minimum Gasteiger partial charge on any atom is -0.394 e. The third kappa shape index (κ3) is 9.50. The number of imidazole rings is 2. The molecule has 0 aliphatic carbocycles. The molecule has 14 nitrogen and oxygen atoms in total. The summed E-state index contributed by atoms with van der Waals surface area (Å²) in [7, 11) is 0. The lowest BCUT2D eigenvalue weighted by Gasteiger charge is -2.16. The number of nitrogens with zero attached hydrogens (tertiary/aromatic N) is 8. The van der Waals surface area contributed by atoms with Crippen LogP contribution in [0.4, 0.5) is 23.5 Å². The van der Waals surface area contributed by atoms with E-state index in [-0.39, 0.29) is 37.4 Å². The predicted molar refractivity (Wildman–Crippen MR) is 209 cm³/mol. The van der Waals surface area contributed by atoms with E-state index in [0.29, 0.717) is 36.6 Å². The summed E-state index contributed by atoms with van der Waals surface area (Å²) in [5, 5.41) is 32.1. The van der Waals surface area contributed by atoms with Gasteiger partial charge in [0.1, 0.15) is 0 Å². The summed E-state index contributed by atoms with van der Waals surface area (Å²) < 4.78 is 4.05. The Hall–Kier alpha value is -5.34. The Labute approximate surface area is 305 Å². The van der Waals surface area contributed by atoms with E-state index in [9.17, 15) is 10.2 Å². The van der Waals surface area contributed by atoms with Crippen molar-refractivity contribution in [1.29, 1.82) is 0 Å². The third-order valence-electron chi connectivity index (χ3n) is 8.65. The Kier molecular flexibility index (Phi) is 13.3. The van der Waals surface area contributed by atoms with E-state index < -0.39 is 0 Å². The second-order valence-corrected chi connectivity index (χ2v) is 13.2. The second-order valence-electron chi connectivity index (χ2n) is 13.2. The van der Waals surface area contributed by atoms with E-state index in [0.717, 1.165) is 35.2 Å². The molecule has 4 aromatic heterocycles. The van der Waals surface area contributed by atoms with Crippen LogP contribution in [-0.2, 0) is 13.1 Å². The zero-order chi connectivity index (χ0) is 37.0. The second kappa shape index (κ2) is 18.2. The van der Waals surface area contributed by atoms with Gasteiger partial charge in [-0.15, -0.1) is 0 Å². The minimum atomic E-state index is -0.0788. The van der Waals surface area contributed by atoms with Crippen LogP contribution in [0.1, 0.15) is 77.6 Å². The maximum absolute atomic E-state index is 9.47. The average molecular weight is 709 g/mol. The van der Waals surface area contributed by atoms with Crippen molar-refractivity contribution in [3.05, 3.63) is 84.4 Å². The summed E-state index contributed by atoms with van der Waals surface area (Å²) in [5.41, 5.74) is 5.38. The van der Waals surface area contributed by atoms with E-state index >= 15 is 0 Å². The van der Waals surface area contributed by atoms with E-state index in [2.05, 4.69) is 103 Å². The molecule has 276 valence electrons. The lowest BCUT2D eigenvalue weighted by molar-refractivity contribution is 0.271. The van der Waals surface area contributed by atoms with Gasteiger partial charge in [-0.2, -0.15) is 19.9 Å². The quantitative estimate of drug-likeness (QED) is 0.0653. The number of anilines is 4. The van der Waals surface area contributed by atoms with Gasteiger partial charge in [0.2, 0.25) is 11.9 Å². The van der Waals surface area contributed by atoms with Crippen molar-refractivity contribution in [2.45, 2.75) is 91.6 Å². The molecule has 0 saturated carbocycles. The van der Waals surface area contributed by atoms with E-state index in [1.165, 1.54) is 11.1 Å². The van der Waals surface area contributed by atoms with Crippen molar-refractivity contribution in [3.8, 4) is 0 Å². The smallest absolute Gasteiger partial charge is 0.227 e. The highest BCUT2D eigenvalue weighted by Crippen LogP contribution is 2.26. The number of hydrogen-bond donors (Lipinski definition) is 6. The number of fused-ring (bicyclic) bond motifs is 2. The number of hydrogen-bond acceptors (Lipinski definition) is 12. The highest BCUT2D eigenvalue weighted by Gasteiger charge is 2.18. The molecule has 0 fully saturated rings. The van der Waals surface area contributed by atoms with Gasteiger partial charge in [-0.3, -0.25) is 0 Å². The maximum Gasteiger partial charge on any atom is 0.227 e. The van der Waals surface area contributed by atoms with Crippen molar-refractivity contribution in [2.75, 3.05) is 34.5 Å². The topological polar surface area (TPSA) is 176 Å². The van der Waals surface area contributed by atoms with Gasteiger partial charge < -0.3 is 40.6 Å². The van der Waals surface area contributed by atoms with Gasteiger partial charge >= 0.3 is 0 Å². The number of aromatic nitrogens is 8. The van der Waals surface area contributed by atoms with E-state index in [1.54, 1.807) is 12.7 Å². The molecule has 4 heterocycles. The van der Waals surface area contributed by atoms with Gasteiger partial charge in [0, 0.05) is 25.2 Å². The summed E-state index contributed by atoms with van der Waals surface area (Å²) >= 11 is 0. The SMILES string of the molecule is CC[C@H](CO)Nc1nc(NCc2ccccc2)c2ncn(C(C)C)c2n1.CC[C@H](CO)Nc1nc(NCc2ccccc2)c2ncn(C(C)C)c2n1. The van der Waals surface area contributed by atoms with Gasteiger partial charge in [0.25, 0.3) is 0 Å². The highest BCUT2D eigenvalue weighted by atomic mass is 16.3. The first kappa shape index (κ1) is 37.9. The number of aliphatic hydroxyl groups excluding tert-OH is 2. The average Bonchev–Trinajstić information content (AvgIpc) is 3.80. The molecule has 0 bridgehead atoms. The molecular weight excluding hydrogens is 656 g/mol. The van der Waals surface area contributed by atoms with Crippen LogP contribution in [0.3, 0.4) is 0 Å². The predicted octanol–water partition coefficient (Wildman–Crippen LogP) is 6.40. The van der Waals surface area contributed by atoms with Gasteiger partial charge in [0.15, 0.2) is 34.0 Å². The monoisotopic (exact) mass is 708 g/mol. The molecule has 2 aromatic carbocycles. The van der Waals surface area contributed by atoms with Crippen molar-refractivity contribution in [1.82, 2.24) is 39.0 Å². The van der Waals surface area contributed by atoms with Crippen molar-refractivity contribution in [2.24, 2.45) is 0 Å². The zero-order valence-corrected chi connectivity index (χ0v) is 31.0. The molecule has 0 radical (unpaired) electrons. The summed E-state index contributed by atoms with van der Waals surface area (Å²) in [6.45, 7) is 13.8. The van der Waals surface area contributed by atoms with Crippen molar-refractivity contribution < 1.29 is 10.2 Å². The van der Waals surface area contributed by atoms with Crippen molar-refractivity contribution in [3.63, 3.8) is 0 Å². The fourth-order valence-corrected chi connectivity index (χ4v) is 5.45. The highest BCUT2D eigenvalue weighted by molar-refractivity contribution is 5.85. The molecule has 14 heteroatoms. The van der Waals surface area contributed by atoms with Crippen LogP contribution >= 0.6 is 0 Å². The normalized spacial score (nSPS) is 12.5. The van der Waals surface area contributed by atoms with Crippen molar-refractivity contribution >= 4 is 45.9 Å². The van der Waals surface area contributed by atoms with Gasteiger partial charge in [-0.05, 0) is 51.7 Å². The van der Waals surface area contributed by atoms with Gasteiger partial charge in [-0.25, -0.2) is 9.97 Å². The fraction of sp³-hybridized carbons (Fsp3) is 0.421. The molecule has 0 saturated heterocycles. The molecule has 6 aromatic rings. The van der Waals surface area contributed by atoms with Gasteiger partial charge in [-0.1, -0.05) is 74.5 Å². The first-order valence-corrected chi connectivity index (χ1v) is 18.0. The third-order valence-corrected chi connectivity index (χ3v) is 8.65. The summed E-state index contributed by atoms with van der Waals surface area (Å²) in [6, 6.07) is 20.6. The molecule has 0 unspecified atom stereocenters. The Morgan fingerprint density at radius 2 is 0.962 bits per heavy atom. The van der Waals surface area contributed by atoms with Crippen LogP contribution in [-0.4, -0.2) is 74.5 Å². The lowest BCUT2D eigenvalue weighted by atomic mass is 10.2. The zero-order valence-electron chi connectivity index (χ0n) is 31.0. The Morgan fingerprint density at radius 3 is 1.29 bits per heavy atom. The molecular formula is C38H52N12O2. The molecule has 52 heavy (non-hydrogen) atoms. The molecule has 6 rings (SSSR count). The molecule has 0 amide bonds. The Morgan fingerprint density at radius 1 is 0.577 bits per heavy atom. The summed E-state index contributed by atoms with van der Waals surface area (Å²) in [6.07, 6.45) is 5.16. The maximum atomic E-state index is 9.47. The number of aliphatic hydroxyl groups is 2. The van der Waals surface area contributed by atoms with Crippen LogP contribution in [0.5, 0.6) is 0 Å². The standard InChI is InChI=1S/2C19H26N6O/c2*1-4-15(11-26)22-19-23-17(20-10-14-8-6-5-7-9-14)16-18(24-19)25(12-21-16)13(2)3/h2*5-9,12-13,15,26H,4,10-11H2,1-3H3,(H2,20,22,23,24)/t2*15-/m11/s1. The van der Waals surface area contributed by atoms with Crippen LogP contribution in [0.15, 0.2) is 73.3 Å². The molecule has 0 aliphatic heterocycles. The van der Waals surface area contributed by atoms with Gasteiger partial charge in [0.05, 0.1) is 38.0 Å². The lowest BCUT2D eigenvalue weighted by Crippen LogP contribution is -2.24. The number of benzene rings is 2. The van der Waals surface area contributed by atoms with Crippen LogP contribution in [0.25, 0.3) is 22.3 Å². The minimum absolute atomic E-state index is 0.0358. The summed E-state index contributed by atoms with van der Waals surface area (Å²) in [5.74, 6) is 2.37. The molecule has 0 spiro atoms. The number of rotatable bonds is 16. The Bertz CT molecular complexity index is 1830. The van der Waals surface area contributed by atoms with Crippen LogP contribution < -0.4 is 21.3 Å². The molecule has 6 N–H and O–H groups in total. The number of nitrogens with one attached hydrogen (secondary N) is 4. The Balaban J connectivity index is 0.000000201. The fourth-order valence-electron chi connectivity index (χ4n) is 5.45. The summed E-state index contributed by atoms with van der Waals surface area (Å²) in [4.78, 5) is 27.5. The van der Waals surface area contributed by atoms with Crippen LogP contribution in [0.2, 0.25) is 0 Å². The first-order chi connectivity index (χ1) is 25.2.